The highest BCUT2D eigenvalue weighted by molar-refractivity contribution is 5.82. The number of nitrogens with zero attached hydrogens (tertiary/aromatic N) is 5. The molecule has 33 heavy (non-hydrogen) atoms. The lowest BCUT2D eigenvalue weighted by atomic mass is 10.0. The standard InChI is InChI=1S/C25H36N6O2/c1-7-21(23-27-28-29-31(23)25(4,5)6)30(15-20-9-8-10-33-20)14-19-13-18-12-16(2)11-17(3)22(18)26-24(19)32/h11-13,20-21H,7-10,14-15H2,1-6H3,(H,26,32)/t20-,21+/m0/s1. The quantitative estimate of drug-likeness (QED) is 0.582. The molecule has 2 aromatic heterocycles. The zero-order valence-corrected chi connectivity index (χ0v) is 20.7. The van der Waals surface area contributed by atoms with Crippen molar-refractivity contribution in [2.45, 2.75) is 85.0 Å². The molecule has 8 heteroatoms. The number of aromatic amines is 1. The van der Waals surface area contributed by atoms with Gasteiger partial charge >= 0.3 is 0 Å². The number of aryl methyl sites for hydroxylation is 2. The van der Waals surface area contributed by atoms with Gasteiger partial charge in [-0.25, -0.2) is 4.68 Å². The minimum atomic E-state index is -0.239. The Hall–Kier alpha value is -2.58. The predicted molar refractivity (Wildman–Crippen MR) is 129 cm³/mol. The highest BCUT2D eigenvalue weighted by atomic mass is 16.5. The summed E-state index contributed by atoms with van der Waals surface area (Å²) in [7, 11) is 0. The maximum atomic E-state index is 13.1. The molecule has 4 rings (SSSR count). The molecule has 0 amide bonds. The van der Waals surface area contributed by atoms with E-state index in [1.54, 1.807) is 0 Å². The number of tetrazole rings is 1. The largest absolute Gasteiger partial charge is 0.377 e. The minimum Gasteiger partial charge on any atom is -0.377 e. The molecule has 3 aromatic rings. The Labute approximate surface area is 195 Å². The molecule has 1 aliphatic heterocycles. The number of nitrogens with one attached hydrogen (secondary N) is 1. The van der Waals surface area contributed by atoms with Crippen molar-refractivity contribution >= 4 is 10.9 Å². The molecular weight excluding hydrogens is 416 g/mol. The molecule has 0 saturated carbocycles. The zero-order valence-electron chi connectivity index (χ0n) is 20.7. The third kappa shape index (κ3) is 5.01. The predicted octanol–water partition coefficient (Wildman–Crippen LogP) is 4.02. The lowest BCUT2D eigenvalue weighted by molar-refractivity contribution is 0.0478. The van der Waals surface area contributed by atoms with E-state index in [9.17, 15) is 4.79 Å². The smallest absolute Gasteiger partial charge is 0.252 e. The maximum absolute atomic E-state index is 13.1. The second-order valence-electron chi connectivity index (χ2n) is 10.3. The van der Waals surface area contributed by atoms with E-state index in [0.29, 0.717) is 6.54 Å². The van der Waals surface area contributed by atoms with E-state index >= 15 is 0 Å². The Bertz CT molecular complexity index is 1170. The molecule has 1 fully saturated rings. The van der Waals surface area contributed by atoms with Crippen molar-refractivity contribution in [1.82, 2.24) is 30.1 Å². The first-order valence-electron chi connectivity index (χ1n) is 11.9. The molecule has 1 N–H and O–H groups in total. The molecule has 2 atom stereocenters. The first-order chi connectivity index (χ1) is 15.7. The average molecular weight is 453 g/mol. The molecule has 1 aromatic carbocycles. The van der Waals surface area contributed by atoms with E-state index in [2.05, 4.69) is 72.2 Å². The normalized spacial score (nSPS) is 17.8. The van der Waals surface area contributed by atoms with Crippen LogP contribution in [0.2, 0.25) is 0 Å². The van der Waals surface area contributed by atoms with Gasteiger partial charge in [-0.2, -0.15) is 0 Å². The van der Waals surface area contributed by atoms with E-state index in [1.807, 2.05) is 17.7 Å². The highest BCUT2D eigenvalue weighted by Crippen LogP contribution is 2.29. The molecule has 8 nitrogen and oxygen atoms in total. The number of rotatable bonds is 7. The number of aromatic nitrogens is 5. The van der Waals surface area contributed by atoms with Crippen LogP contribution in [0.3, 0.4) is 0 Å². The maximum Gasteiger partial charge on any atom is 0.252 e. The van der Waals surface area contributed by atoms with Gasteiger partial charge in [0.05, 0.1) is 23.2 Å². The van der Waals surface area contributed by atoms with Gasteiger partial charge in [0, 0.05) is 25.3 Å². The van der Waals surface area contributed by atoms with Gasteiger partial charge < -0.3 is 9.72 Å². The van der Waals surface area contributed by atoms with Crippen molar-refractivity contribution < 1.29 is 4.74 Å². The molecule has 1 aliphatic rings. The fourth-order valence-electron chi connectivity index (χ4n) is 4.90. The van der Waals surface area contributed by atoms with Crippen LogP contribution in [0.4, 0.5) is 0 Å². The summed E-state index contributed by atoms with van der Waals surface area (Å²) in [6.45, 7) is 14.6. The SMILES string of the molecule is CC[C@H](c1nnnn1C(C)(C)C)N(Cc1cc2cc(C)cc(C)c2[nH]c1=O)C[C@@H]1CCCO1. The van der Waals surface area contributed by atoms with Crippen LogP contribution in [0.25, 0.3) is 10.9 Å². The van der Waals surface area contributed by atoms with Crippen molar-refractivity contribution in [3.8, 4) is 0 Å². The topological polar surface area (TPSA) is 88.9 Å². The number of H-pyrrole nitrogens is 1. The second kappa shape index (κ2) is 9.35. The fourth-order valence-corrected chi connectivity index (χ4v) is 4.90. The van der Waals surface area contributed by atoms with Gasteiger partial charge in [0.1, 0.15) is 0 Å². The van der Waals surface area contributed by atoms with E-state index in [4.69, 9.17) is 4.74 Å². The van der Waals surface area contributed by atoms with Gasteiger partial charge in [-0.3, -0.25) is 9.69 Å². The first kappa shape index (κ1) is 23.6. The Morgan fingerprint density at radius 3 is 2.73 bits per heavy atom. The van der Waals surface area contributed by atoms with Crippen molar-refractivity contribution in [3.05, 3.63) is 51.1 Å². The Balaban J connectivity index is 1.74. The van der Waals surface area contributed by atoms with Gasteiger partial charge in [0.2, 0.25) is 0 Å². The van der Waals surface area contributed by atoms with Crippen molar-refractivity contribution in [3.63, 3.8) is 0 Å². The molecular formula is C25H36N6O2. The molecule has 0 radical (unpaired) electrons. The second-order valence-corrected chi connectivity index (χ2v) is 10.3. The lowest BCUT2D eigenvalue weighted by Crippen LogP contribution is -2.39. The number of benzene rings is 1. The van der Waals surface area contributed by atoms with E-state index in [0.717, 1.165) is 60.3 Å². The zero-order chi connectivity index (χ0) is 23.8. The summed E-state index contributed by atoms with van der Waals surface area (Å²) < 4.78 is 7.88. The fraction of sp³-hybridized carbons (Fsp3) is 0.600. The first-order valence-corrected chi connectivity index (χ1v) is 11.9. The molecule has 1 saturated heterocycles. The van der Waals surface area contributed by atoms with E-state index in [-0.39, 0.29) is 23.2 Å². The summed E-state index contributed by atoms with van der Waals surface area (Å²) in [6, 6.07) is 6.23. The summed E-state index contributed by atoms with van der Waals surface area (Å²) in [4.78, 5) is 18.6. The van der Waals surface area contributed by atoms with Gasteiger partial charge in [-0.05, 0) is 87.4 Å². The van der Waals surface area contributed by atoms with Crippen LogP contribution < -0.4 is 5.56 Å². The van der Waals surface area contributed by atoms with Crippen LogP contribution in [0.1, 0.15) is 75.5 Å². The van der Waals surface area contributed by atoms with Crippen LogP contribution in [-0.2, 0) is 16.8 Å². The summed E-state index contributed by atoms with van der Waals surface area (Å²) in [5, 5.41) is 13.8. The number of fused-ring (bicyclic) bond motifs is 1. The van der Waals surface area contributed by atoms with Crippen molar-refractivity contribution in [2.24, 2.45) is 0 Å². The Kier molecular flexibility index (Phi) is 6.68. The monoisotopic (exact) mass is 452 g/mol. The molecule has 0 aliphatic carbocycles. The lowest BCUT2D eigenvalue weighted by Gasteiger charge is -2.33. The Morgan fingerprint density at radius 1 is 1.27 bits per heavy atom. The molecule has 0 bridgehead atoms. The highest BCUT2D eigenvalue weighted by Gasteiger charge is 2.31. The number of hydrogen-bond acceptors (Lipinski definition) is 6. The van der Waals surface area contributed by atoms with Gasteiger partial charge in [-0.1, -0.05) is 18.6 Å². The summed E-state index contributed by atoms with van der Waals surface area (Å²) in [5.74, 6) is 0.826. The summed E-state index contributed by atoms with van der Waals surface area (Å²) in [5.41, 5.74) is 3.64. The van der Waals surface area contributed by atoms with Crippen LogP contribution in [0.15, 0.2) is 23.0 Å². The van der Waals surface area contributed by atoms with Crippen LogP contribution >= 0.6 is 0 Å². The summed E-state index contributed by atoms with van der Waals surface area (Å²) in [6.07, 6.45) is 3.09. The van der Waals surface area contributed by atoms with E-state index in [1.165, 1.54) is 5.56 Å². The van der Waals surface area contributed by atoms with Gasteiger partial charge in [0.25, 0.3) is 5.56 Å². The molecule has 178 valence electrons. The third-order valence-corrected chi connectivity index (χ3v) is 6.46. The Morgan fingerprint density at radius 2 is 2.06 bits per heavy atom. The van der Waals surface area contributed by atoms with Crippen LogP contribution in [0, 0.1) is 13.8 Å². The van der Waals surface area contributed by atoms with E-state index < -0.39 is 0 Å². The number of hydrogen-bond donors (Lipinski definition) is 1. The summed E-state index contributed by atoms with van der Waals surface area (Å²) >= 11 is 0. The van der Waals surface area contributed by atoms with Crippen LogP contribution in [-0.4, -0.2) is 49.3 Å². The number of pyridine rings is 1. The van der Waals surface area contributed by atoms with Crippen molar-refractivity contribution in [1.29, 1.82) is 0 Å². The van der Waals surface area contributed by atoms with Gasteiger partial charge in [0.15, 0.2) is 5.82 Å². The average Bonchev–Trinajstić information content (AvgIpc) is 3.42. The minimum absolute atomic E-state index is 0.0298. The number of ether oxygens (including phenoxy) is 1. The third-order valence-electron chi connectivity index (χ3n) is 6.46. The molecule has 0 spiro atoms. The van der Waals surface area contributed by atoms with Gasteiger partial charge in [-0.15, -0.1) is 5.10 Å². The molecule has 0 unspecified atom stereocenters. The van der Waals surface area contributed by atoms with Crippen molar-refractivity contribution in [2.75, 3.05) is 13.2 Å². The van der Waals surface area contributed by atoms with Crippen LogP contribution in [0.5, 0.6) is 0 Å². The molecule has 3 heterocycles.